The number of aldehydes is 1. The number of para-hydroxylation sites is 1. The zero-order valence-corrected chi connectivity index (χ0v) is 18.2. The van der Waals surface area contributed by atoms with Gasteiger partial charge in [0.05, 0.1) is 23.1 Å². The van der Waals surface area contributed by atoms with Gasteiger partial charge in [0, 0.05) is 17.5 Å². The molecule has 0 saturated heterocycles. The fraction of sp³-hybridized carbons (Fsp3) is 0.360. The summed E-state index contributed by atoms with van der Waals surface area (Å²) in [5, 5.41) is 0.882. The molecule has 0 N–H and O–H groups in total. The van der Waals surface area contributed by atoms with Crippen LogP contribution in [-0.2, 0) is 16.0 Å². The highest BCUT2D eigenvalue weighted by Gasteiger charge is 2.29. The van der Waals surface area contributed by atoms with Crippen LogP contribution < -0.4 is 10.2 Å². The molecule has 0 aliphatic heterocycles. The Hall–Kier alpha value is -2.63. The number of halogens is 1. The van der Waals surface area contributed by atoms with Crippen LogP contribution >= 0.6 is 11.6 Å². The Morgan fingerprint density at radius 3 is 2.77 bits per heavy atom. The molecular weight excluding hydrogens is 416 g/mol. The third kappa shape index (κ3) is 4.83. The Morgan fingerprint density at radius 1 is 1.16 bits per heavy atom. The highest BCUT2D eigenvalue weighted by molar-refractivity contribution is 6.34. The van der Waals surface area contributed by atoms with Crippen LogP contribution in [0.4, 0.5) is 0 Å². The maximum absolute atomic E-state index is 12.5. The zero-order valence-electron chi connectivity index (χ0n) is 17.4. The van der Waals surface area contributed by atoms with Crippen molar-refractivity contribution in [2.45, 2.75) is 38.7 Å². The van der Waals surface area contributed by atoms with E-state index in [1.54, 1.807) is 18.2 Å². The van der Waals surface area contributed by atoms with Gasteiger partial charge in [0.1, 0.15) is 24.4 Å². The number of hydrogen-bond acceptors (Lipinski definition) is 5. The lowest BCUT2D eigenvalue weighted by atomic mass is 9.83. The van der Waals surface area contributed by atoms with Crippen LogP contribution in [0.3, 0.4) is 0 Å². The first-order chi connectivity index (χ1) is 15.1. The number of rotatable bonds is 9. The van der Waals surface area contributed by atoms with Crippen LogP contribution in [0.25, 0.3) is 22.3 Å². The molecule has 1 fully saturated rings. The van der Waals surface area contributed by atoms with Crippen LogP contribution in [0.2, 0.25) is 5.02 Å². The Morgan fingerprint density at radius 2 is 2.00 bits per heavy atom. The second-order valence-electron chi connectivity index (χ2n) is 7.87. The summed E-state index contributed by atoms with van der Waals surface area (Å²) in [4.78, 5) is 23.2. The molecule has 0 amide bonds. The summed E-state index contributed by atoms with van der Waals surface area (Å²) in [5.41, 5.74) is 2.13. The number of fused-ring (bicyclic) bond motifs is 1. The topological polar surface area (TPSA) is 65.7 Å². The molecule has 1 saturated carbocycles. The highest BCUT2D eigenvalue weighted by Crippen LogP contribution is 2.31. The van der Waals surface area contributed by atoms with Gasteiger partial charge < -0.3 is 18.7 Å². The normalized spacial score (nSPS) is 18.0. The molecule has 0 atom stereocenters. The molecule has 31 heavy (non-hydrogen) atoms. The van der Waals surface area contributed by atoms with E-state index < -0.39 is 0 Å². The SMILES string of the molecule is CCCc1cc(-c2cc(=O)c3cccc(Cl)c3o2)ccc1OCCOC1CC(C=O)C1. The summed E-state index contributed by atoms with van der Waals surface area (Å²) in [5.74, 6) is 1.43. The van der Waals surface area contributed by atoms with Gasteiger partial charge in [-0.3, -0.25) is 4.79 Å². The summed E-state index contributed by atoms with van der Waals surface area (Å²) in [6.07, 6.45) is 4.57. The highest BCUT2D eigenvalue weighted by atomic mass is 35.5. The van der Waals surface area contributed by atoms with Crippen molar-refractivity contribution < 1.29 is 18.7 Å². The standard InChI is InChI=1S/C25H25ClO5/c1-2-4-17-13-18(24-14-22(28)20-5-3-6-21(26)25(20)31-24)7-8-23(17)30-10-9-29-19-11-16(12-19)15-27/h3,5-8,13-16,19H,2,4,9-12H2,1H3. The predicted molar refractivity (Wildman–Crippen MR) is 121 cm³/mol. The van der Waals surface area contributed by atoms with Crippen LogP contribution in [0.1, 0.15) is 31.7 Å². The monoisotopic (exact) mass is 440 g/mol. The average Bonchev–Trinajstić information content (AvgIpc) is 2.74. The van der Waals surface area contributed by atoms with Crippen LogP contribution in [-0.4, -0.2) is 25.6 Å². The van der Waals surface area contributed by atoms with Crippen LogP contribution in [0.5, 0.6) is 5.75 Å². The molecule has 1 heterocycles. The lowest BCUT2D eigenvalue weighted by Crippen LogP contribution is -2.33. The number of ether oxygens (including phenoxy) is 2. The Kier molecular flexibility index (Phi) is 6.73. The van der Waals surface area contributed by atoms with E-state index in [1.807, 2.05) is 18.2 Å². The van der Waals surface area contributed by atoms with Gasteiger partial charge in [0.25, 0.3) is 0 Å². The van der Waals surface area contributed by atoms with Crippen LogP contribution in [0.15, 0.2) is 51.7 Å². The maximum Gasteiger partial charge on any atom is 0.193 e. The lowest BCUT2D eigenvalue weighted by molar-refractivity contribution is -0.119. The second kappa shape index (κ2) is 9.67. The van der Waals surface area contributed by atoms with E-state index in [9.17, 15) is 9.59 Å². The van der Waals surface area contributed by atoms with E-state index in [1.165, 1.54) is 6.07 Å². The van der Waals surface area contributed by atoms with E-state index >= 15 is 0 Å². The molecule has 1 aliphatic carbocycles. The van der Waals surface area contributed by atoms with Crippen molar-refractivity contribution in [1.29, 1.82) is 0 Å². The summed E-state index contributed by atoms with van der Waals surface area (Å²) >= 11 is 6.24. The fourth-order valence-electron chi connectivity index (χ4n) is 3.84. The predicted octanol–water partition coefficient (Wildman–Crippen LogP) is 5.44. The summed E-state index contributed by atoms with van der Waals surface area (Å²) in [7, 11) is 0. The molecule has 3 aromatic rings. The fourth-order valence-corrected chi connectivity index (χ4v) is 4.06. The molecule has 6 heteroatoms. The Bertz CT molecular complexity index is 1130. The molecule has 0 bridgehead atoms. The largest absolute Gasteiger partial charge is 0.491 e. The lowest BCUT2D eigenvalue weighted by Gasteiger charge is -2.31. The summed E-state index contributed by atoms with van der Waals surface area (Å²) in [6.45, 7) is 3.04. The van der Waals surface area contributed by atoms with Gasteiger partial charge in [0.15, 0.2) is 11.0 Å². The molecule has 2 aromatic carbocycles. The van der Waals surface area contributed by atoms with Crippen molar-refractivity contribution in [2.24, 2.45) is 5.92 Å². The molecule has 0 radical (unpaired) electrons. The first kappa shape index (κ1) is 21.6. The van der Waals surface area contributed by atoms with Crippen molar-refractivity contribution in [3.8, 4) is 17.1 Å². The molecule has 0 unspecified atom stereocenters. The summed E-state index contributed by atoms with van der Waals surface area (Å²) in [6, 6.07) is 12.5. The summed E-state index contributed by atoms with van der Waals surface area (Å²) < 4.78 is 17.7. The van der Waals surface area contributed by atoms with Gasteiger partial charge in [-0.2, -0.15) is 0 Å². The number of aryl methyl sites for hydroxylation is 1. The van der Waals surface area contributed by atoms with E-state index in [4.69, 9.17) is 25.5 Å². The van der Waals surface area contributed by atoms with Gasteiger partial charge >= 0.3 is 0 Å². The molecule has 4 rings (SSSR count). The third-order valence-electron chi connectivity index (χ3n) is 5.59. The van der Waals surface area contributed by atoms with Crippen LogP contribution in [0, 0.1) is 5.92 Å². The van der Waals surface area contributed by atoms with E-state index in [2.05, 4.69) is 6.92 Å². The average molecular weight is 441 g/mol. The van der Waals surface area contributed by atoms with Gasteiger partial charge in [-0.15, -0.1) is 0 Å². The molecule has 1 aromatic heterocycles. The van der Waals surface area contributed by atoms with Gasteiger partial charge in [-0.25, -0.2) is 0 Å². The second-order valence-corrected chi connectivity index (χ2v) is 8.28. The number of hydrogen-bond donors (Lipinski definition) is 0. The minimum Gasteiger partial charge on any atom is -0.491 e. The molecule has 162 valence electrons. The number of benzene rings is 2. The van der Waals surface area contributed by atoms with Gasteiger partial charge in [-0.1, -0.05) is 31.0 Å². The number of carbonyl (C=O) groups is 1. The van der Waals surface area contributed by atoms with Crippen molar-refractivity contribution >= 4 is 28.9 Å². The van der Waals surface area contributed by atoms with Crippen molar-refractivity contribution in [3.05, 3.63) is 63.3 Å². The van der Waals surface area contributed by atoms with Crippen molar-refractivity contribution in [3.63, 3.8) is 0 Å². The minimum absolute atomic E-state index is 0.124. The first-order valence-corrected chi connectivity index (χ1v) is 11.0. The Labute approximate surface area is 185 Å². The van der Waals surface area contributed by atoms with Gasteiger partial charge in [0.2, 0.25) is 0 Å². The third-order valence-corrected chi connectivity index (χ3v) is 5.89. The smallest absolute Gasteiger partial charge is 0.193 e. The van der Waals surface area contributed by atoms with Gasteiger partial charge in [-0.05, 0) is 55.2 Å². The quantitative estimate of drug-likeness (QED) is 0.327. The zero-order chi connectivity index (χ0) is 21.8. The first-order valence-electron chi connectivity index (χ1n) is 10.6. The number of carbonyl (C=O) groups excluding carboxylic acids is 1. The van der Waals surface area contributed by atoms with E-state index in [0.717, 1.165) is 48.8 Å². The van der Waals surface area contributed by atoms with E-state index in [0.29, 0.717) is 35.0 Å². The van der Waals surface area contributed by atoms with Crippen molar-refractivity contribution in [2.75, 3.05) is 13.2 Å². The molecular formula is C25H25ClO5. The van der Waals surface area contributed by atoms with Crippen molar-refractivity contribution in [1.82, 2.24) is 0 Å². The molecule has 5 nitrogen and oxygen atoms in total. The minimum atomic E-state index is -0.124. The maximum atomic E-state index is 12.5. The Balaban J connectivity index is 1.49. The van der Waals surface area contributed by atoms with E-state index in [-0.39, 0.29) is 17.5 Å². The molecule has 0 spiro atoms. The molecule has 1 aliphatic rings.